The van der Waals surface area contributed by atoms with Crippen LogP contribution in [-0.2, 0) is 11.0 Å². The molecule has 0 radical (unpaired) electrons. The first-order valence-corrected chi connectivity index (χ1v) is 12.3. The van der Waals surface area contributed by atoms with E-state index in [9.17, 15) is 13.0 Å². The largest absolute Gasteiger partial charge is 0.346 e. The summed E-state index contributed by atoms with van der Waals surface area (Å²) in [5, 5.41) is 5.56. The fourth-order valence-electron chi connectivity index (χ4n) is 4.29. The van der Waals surface area contributed by atoms with Gasteiger partial charge in [0.05, 0.1) is 22.8 Å². The molecule has 178 valence electrons. The third kappa shape index (κ3) is 4.50. The van der Waals surface area contributed by atoms with Crippen LogP contribution in [0.15, 0.2) is 54.1 Å². The molecule has 0 saturated carbocycles. The third-order valence-corrected chi connectivity index (χ3v) is 7.73. The van der Waals surface area contributed by atoms with E-state index >= 15 is 0 Å². The van der Waals surface area contributed by atoms with E-state index in [0.717, 1.165) is 47.4 Å². The second kappa shape index (κ2) is 9.69. The molecule has 5 rings (SSSR count). The molecule has 0 amide bonds. The Hall–Kier alpha value is -3.02. The van der Waals surface area contributed by atoms with Gasteiger partial charge in [-0.25, -0.2) is 27.3 Å². The Labute approximate surface area is 198 Å². The van der Waals surface area contributed by atoms with Gasteiger partial charge in [-0.3, -0.25) is 9.58 Å². The molecule has 3 aromatic heterocycles. The number of nitrogens with zero attached hydrogens (tertiary/aromatic N) is 6. The van der Waals surface area contributed by atoms with Crippen LogP contribution in [0.3, 0.4) is 0 Å². The summed E-state index contributed by atoms with van der Waals surface area (Å²) in [4.78, 5) is 14.1. The number of halogens is 2. The maximum Gasteiger partial charge on any atom is 0.143 e. The van der Waals surface area contributed by atoms with Crippen LogP contribution < -0.4 is 0 Å². The average molecular weight is 486 g/mol. The number of aromatic nitrogens is 5. The van der Waals surface area contributed by atoms with E-state index in [0.29, 0.717) is 26.2 Å². The zero-order valence-electron chi connectivity index (χ0n) is 18.7. The van der Waals surface area contributed by atoms with Crippen LogP contribution in [0.25, 0.3) is 22.3 Å². The molecule has 1 fully saturated rings. The van der Waals surface area contributed by atoms with Gasteiger partial charge in [0.1, 0.15) is 34.6 Å². The van der Waals surface area contributed by atoms with Crippen molar-refractivity contribution in [1.29, 1.82) is 0 Å². The highest BCUT2D eigenvalue weighted by molar-refractivity contribution is 7.82. The molecule has 1 aliphatic heterocycles. The molecule has 1 saturated heterocycles. The molecular formula is C23H25F2N7OS. The lowest BCUT2D eigenvalue weighted by Gasteiger charge is -2.35. The minimum Gasteiger partial charge on any atom is -0.346 e. The second-order valence-electron chi connectivity index (χ2n) is 8.29. The molecule has 2 atom stereocenters. The van der Waals surface area contributed by atoms with Gasteiger partial charge in [-0.2, -0.15) is 5.10 Å². The normalized spacial score (nSPS) is 17.3. The second-order valence-corrected chi connectivity index (χ2v) is 9.74. The van der Waals surface area contributed by atoms with E-state index in [2.05, 4.69) is 31.9 Å². The molecule has 1 aromatic carbocycles. The topological polar surface area (TPSA) is 82.9 Å². The first kappa shape index (κ1) is 22.8. The van der Waals surface area contributed by atoms with Crippen molar-refractivity contribution >= 4 is 22.0 Å². The van der Waals surface area contributed by atoms with Gasteiger partial charge in [0.2, 0.25) is 0 Å². The highest BCUT2D eigenvalue weighted by Gasteiger charge is 2.26. The van der Waals surface area contributed by atoms with Gasteiger partial charge in [0.25, 0.3) is 0 Å². The molecule has 1 N–H and O–H groups in total. The molecule has 4 heterocycles. The summed E-state index contributed by atoms with van der Waals surface area (Å²) in [6.45, 7) is 5.41. The minimum absolute atomic E-state index is 0.0200. The number of hydrogen-bond acceptors (Lipinski definition) is 5. The Morgan fingerprint density at radius 3 is 2.74 bits per heavy atom. The fraction of sp³-hybridized carbons (Fsp3) is 0.348. The van der Waals surface area contributed by atoms with Crippen LogP contribution in [-0.4, -0.2) is 70.9 Å². The number of benzene rings is 1. The van der Waals surface area contributed by atoms with Crippen molar-refractivity contribution < 1.29 is 13.0 Å². The zero-order chi connectivity index (χ0) is 23.7. The average Bonchev–Trinajstić information content (AvgIpc) is 3.52. The van der Waals surface area contributed by atoms with E-state index < -0.39 is 22.6 Å². The first-order chi connectivity index (χ1) is 16.5. The lowest BCUT2D eigenvalue weighted by atomic mass is 10.1. The lowest BCUT2D eigenvalue weighted by molar-refractivity contribution is 0.163. The number of fused-ring (bicyclic) bond motifs is 1. The molecule has 0 bridgehead atoms. The predicted octanol–water partition coefficient (Wildman–Crippen LogP) is 3.39. The number of piperazine rings is 1. The summed E-state index contributed by atoms with van der Waals surface area (Å²) < 4.78 is 43.7. The summed E-state index contributed by atoms with van der Waals surface area (Å²) in [6.07, 6.45) is 8.14. The highest BCUT2D eigenvalue weighted by Crippen LogP contribution is 2.26. The quantitative estimate of drug-likeness (QED) is 0.434. The predicted molar refractivity (Wildman–Crippen MR) is 125 cm³/mol. The van der Waals surface area contributed by atoms with E-state index in [4.69, 9.17) is 0 Å². The Bertz CT molecular complexity index is 1320. The van der Waals surface area contributed by atoms with Crippen LogP contribution in [0.2, 0.25) is 0 Å². The van der Waals surface area contributed by atoms with E-state index in [1.54, 1.807) is 10.6 Å². The van der Waals surface area contributed by atoms with Crippen molar-refractivity contribution in [2.24, 2.45) is 0 Å². The van der Waals surface area contributed by atoms with Crippen molar-refractivity contribution in [3.63, 3.8) is 0 Å². The van der Waals surface area contributed by atoms with Crippen LogP contribution in [0.1, 0.15) is 19.4 Å². The fourth-order valence-corrected chi connectivity index (χ4v) is 5.48. The van der Waals surface area contributed by atoms with Gasteiger partial charge < -0.3 is 4.98 Å². The van der Waals surface area contributed by atoms with E-state index in [1.807, 2.05) is 29.3 Å². The summed E-state index contributed by atoms with van der Waals surface area (Å²) >= 11 is 0. The molecule has 8 nitrogen and oxygen atoms in total. The molecule has 0 spiro atoms. The summed E-state index contributed by atoms with van der Waals surface area (Å²) in [5.41, 5.74) is 2.57. The van der Waals surface area contributed by atoms with Gasteiger partial charge in [-0.15, -0.1) is 0 Å². The lowest BCUT2D eigenvalue weighted by Crippen LogP contribution is -2.48. The number of rotatable bonds is 7. The van der Waals surface area contributed by atoms with Crippen LogP contribution in [0, 0.1) is 11.6 Å². The van der Waals surface area contributed by atoms with Gasteiger partial charge in [-0.1, -0.05) is 6.92 Å². The Morgan fingerprint density at radius 2 is 1.97 bits per heavy atom. The number of nitrogens with one attached hydrogen (secondary N) is 1. The summed E-state index contributed by atoms with van der Waals surface area (Å²) in [6, 6.07) is 5.30. The molecule has 2 unspecified atom stereocenters. The van der Waals surface area contributed by atoms with Crippen LogP contribution >= 0.6 is 0 Å². The van der Waals surface area contributed by atoms with Gasteiger partial charge >= 0.3 is 0 Å². The van der Waals surface area contributed by atoms with Gasteiger partial charge in [0.15, 0.2) is 0 Å². The maximum absolute atomic E-state index is 14.0. The molecular weight excluding hydrogens is 460 g/mol. The SMILES string of the molecule is CCC(CN1CCN(S(=O)c2ccc(F)cc2F)CC1)n1cc(-c2ncnc3[nH]ccc23)cn1. The standard InChI is InChI=1S/C23H25F2N7OS/c1-2-18(32-13-16(12-29-32)22-19-5-6-26-23(19)28-15-27-22)14-30-7-9-31(10-8-30)34(33)21-4-3-17(24)11-20(21)25/h3-6,11-13,15,18H,2,7-10,14H2,1H3,(H,26,27,28). The van der Waals surface area contributed by atoms with E-state index in [-0.39, 0.29) is 10.9 Å². The summed E-state index contributed by atoms with van der Waals surface area (Å²) in [7, 11) is -1.65. The number of hydrogen-bond donors (Lipinski definition) is 1. The highest BCUT2D eigenvalue weighted by atomic mass is 32.2. The van der Waals surface area contributed by atoms with Gasteiger partial charge in [-0.05, 0) is 24.6 Å². The van der Waals surface area contributed by atoms with Crippen molar-refractivity contribution in [1.82, 2.24) is 33.9 Å². The smallest absolute Gasteiger partial charge is 0.143 e. The van der Waals surface area contributed by atoms with Crippen molar-refractivity contribution in [3.8, 4) is 11.3 Å². The molecule has 1 aliphatic rings. The Morgan fingerprint density at radius 1 is 1.15 bits per heavy atom. The van der Waals surface area contributed by atoms with Crippen LogP contribution in [0.5, 0.6) is 0 Å². The Kier molecular flexibility index (Phi) is 6.48. The number of H-pyrrole nitrogens is 1. The third-order valence-electron chi connectivity index (χ3n) is 6.19. The zero-order valence-corrected chi connectivity index (χ0v) is 19.5. The van der Waals surface area contributed by atoms with Crippen molar-refractivity contribution in [2.45, 2.75) is 24.3 Å². The summed E-state index contributed by atoms with van der Waals surface area (Å²) in [5.74, 6) is -1.45. The van der Waals surface area contributed by atoms with Crippen LogP contribution in [0.4, 0.5) is 8.78 Å². The van der Waals surface area contributed by atoms with Crippen molar-refractivity contribution in [2.75, 3.05) is 32.7 Å². The molecule has 11 heteroatoms. The Balaban J connectivity index is 1.23. The van der Waals surface area contributed by atoms with Crippen molar-refractivity contribution in [3.05, 3.63) is 60.8 Å². The number of aromatic amines is 1. The van der Waals surface area contributed by atoms with Gasteiger partial charge in [0, 0.05) is 62.1 Å². The molecule has 0 aliphatic carbocycles. The minimum atomic E-state index is -1.65. The van der Waals surface area contributed by atoms with E-state index in [1.165, 1.54) is 6.07 Å². The monoisotopic (exact) mass is 485 g/mol. The molecule has 34 heavy (non-hydrogen) atoms. The molecule has 4 aromatic rings. The first-order valence-electron chi connectivity index (χ1n) is 11.2. The maximum atomic E-state index is 14.0.